The van der Waals surface area contributed by atoms with E-state index in [4.69, 9.17) is 0 Å². The number of carbonyl (C=O) groups excluding carboxylic acids is 2. The highest BCUT2D eigenvalue weighted by atomic mass is 16.2. The van der Waals surface area contributed by atoms with Crippen LogP contribution >= 0.6 is 0 Å². The van der Waals surface area contributed by atoms with Crippen molar-refractivity contribution in [3.8, 4) is 0 Å². The molecule has 1 aromatic rings. The fourth-order valence-corrected chi connectivity index (χ4v) is 4.75. The van der Waals surface area contributed by atoms with E-state index in [1.807, 2.05) is 31.2 Å². The zero-order chi connectivity index (χ0) is 20.5. The summed E-state index contributed by atoms with van der Waals surface area (Å²) in [5, 5.41) is 7.44. The lowest BCUT2D eigenvalue weighted by Crippen LogP contribution is -2.70. The molecule has 0 bridgehead atoms. The molecule has 3 aliphatic rings. The van der Waals surface area contributed by atoms with Crippen molar-refractivity contribution in [1.82, 2.24) is 20.5 Å². The molecule has 1 aliphatic carbocycles. The first kappa shape index (κ1) is 19.7. The van der Waals surface area contributed by atoms with Crippen LogP contribution in [-0.2, 0) is 16.1 Å². The van der Waals surface area contributed by atoms with Gasteiger partial charge in [-0.15, -0.1) is 0 Å². The minimum Gasteiger partial charge on any atom is -0.350 e. The van der Waals surface area contributed by atoms with Crippen LogP contribution in [0.25, 0.3) is 0 Å². The molecular weight excluding hydrogens is 366 g/mol. The van der Waals surface area contributed by atoms with E-state index < -0.39 is 6.17 Å². The van der Waals surface area contributed by atoms with Gasteiger partial charge in [-0.05, 0) is 25.3 Å². The molecule has 1 aromatic carbocycles. The number of fused-ring (bicyclic) bond motifs is 3. The number of hydrogen-bond donors (Lipinski definition) is 2. The van der Waals surface area contributed by atoms with E-state index in [0.29, 0.717) is 6.54 Å². The highest BCUT2D eigenvalue weighted by molar-refractivity contribution is 5.96. The molecule has 0 aromatic heterocycles. The lowest BCUT2D eigenvalue weighted by molar-refractivity contribution is -0.152. The maximum Gasteiger partial charge on any atom is 0.268 e. The number of hydrogen-bond acceptors (Lipinski definition) is 5. The van der Waals surface area contributed by atoms with E-state index in [0.717, 1.165) is 37.1 Å². The number of amides is 2. The molecule has 2 fully saturated rings. The molecule has 4 rings (SSSR count). The molecule has 1 saturated carbocycles. The molecule has 2 aliphatic heterocycles. The quantitative estimate of drug-likeness (QED) is 0.796. The first-order valence-corrected chi connectivity index (χ1v) is 10.7. The van der Waals surface area contributed by atoms with Crippen LogP contribution in [0.2, 0.25) is 0 Å². The van der Waals surface area contributed by atoms with E-state index in [2.05, 4.69) is 34.6 Å². The number of nitrogens with one attached hydrogen (secondary N) is 2. The normalized spacial score (nSPS) is 26.0. The first-order chi connectivity index (χ1) is 14.0. The highest BCUT2D eigenvalue weighted by Crippen LogP contribution is 2.35. The number of hydrazone groups is 1. The molecule has 156 valence electrons. The number of piperazine rings is 1. The average Bonchev–Trinajstić information content (AvgIpc) is 3.16. The fourth-order valence-electron chi connectivity index (χ4n) is 4.75. The molecule has 0 spiro atoms. The van der Waals surface area contributed by atoms with Crippen molar-refractivity contribution < 1.29 is 9.59 Å². The number of amidine groups is 1. The number of aryl methyl sites for hydroxylation is 1. The standard InChI is InChI=1S/C22H31N5O2/c1-14(2)20-24-25-21-22(29)26(17-6-4-5-7-18(17)27(20)21)13-19(28)23-12-16-10-8-15(3)9-11-16/h8-11,14,17-18,21,25H,4-7,12-13H2,1-3H3,(H,23,28). The van der Waals surface area contributed by atoms with Gasteiger partial charge in [0.1, 0.15) is 12.4 Å². The lowest BCUT2D eigenvalue weighted by atomic mass is 9.85. The topological polar surface area (TPSA) is 77.0 Å². The summed E-state index contributed by atoms with van der Waals surface area (Å²) in [5.41, 5.74) is 5.28. The molecule has 29 heavy (non-hydrogen) atoms. The van der Waals surface area contributed by atoms with Gasteiger partial charge in [0, 0.05) is 12.5 Å². The van der Waals surface area contributed by atoms with Crippen LogP contribution in [0.3, 0.4) is 0 Å². The van der Waals surface area contributed by atoms with Crippen molar-refractivity contribution in [2.75, 3.05) is 6.54 Å². The van der Waals surface area contributed by atoms with Gasteiger partial charge in [-0.3, -0.25) is 15.0 Å². The van der Waals surface area contributed by atoms with E-state index in [1.165, 1.54) is 5.56 Å². The van der Waals surface area contributed by atoms with Gasteiger partial charge in [0.15, 0.2) is 6.17 Å². The Morgan fingerprint density at radius 2 is 1.90 bits per heavy atom. The van der Waals surface area contributed by atoms with Crippen LogP contribution in [0, 0.1) is 12.8 Å². The molecule has 3 unspecified atom stereocenters. The summed E-state index contributed by atoms with van der Waals surface area (Å²) in [7, 11) is 0. The highest BCUT2D eigenvalue weighted by Gasteiger charge is 2.51. The first-order valence-electron chi connectivity index (χ1n) is 10.7. The van der Waals surface area contributed by atoms with E-state index in [1.54, 1.807) is 4.90 Å². The summed E-state index contributed by atoms with van der Waals surface area (Å²) in [6.45, 7) is 6.84. The van der Waals surface area contributed by atoms with Crippen molar-refractivity contribution in [3.63, 3.8) is 0 Å². The van der Waals surface area contributed by atoms with E-state index in [-0.39, 0.29) is 36.4 Å². The third-order valence-electron chi connectivity index (χ3n) is 6.25. The molecule has 1 saturated heterocycles. The Balaban J connectivity index is 1.45. The van der Waals surface area contributed by atoms with Crippen LogP contribution in [0.1, 0.15) is 50.7 Å². The van der Waals surface area contributed by atoms with Gasteiger partial charge in [-0.1, -0.05) is 56.5 Å². The Morgan fingerprint density at radius 1 is 1.21 bits per heavy atom. The predicted molar refractivity (Wildman–Crippen MR) is 112 cm³/mol. The zero-order valence-electron chi connectivity index (χ0n) is 17.5. The Kier molecular flexibility index (Phi) is 5.48. The van der Waals surface area contributed by atoms with Crippen LogP contribution in [0.5, 0.6) is 0 Å². The summed E-state index contributed by atoms with van der Waals surface area (Å²) in [5.74, 6) is 1.06. The summed E-state index contributed by atoms with van der Waals surface area (Å²) >= 11 is 0. The Labute approximate surface area is 172 Å². The summed E-state index contributed by atoms with van der Waals surface area (Å²) < 4.78 is 0. The van der Waals surface area contributed by atoms with Crippen LogP contribution < -0.4 is 10.7 Å². The lowest BCUT2D eigenvalue weighted by Gasteiger charge is -2.51. The fraction of sp³-hybridized carbons (Fsp3) is 0.591. The Bertz CT molecular complexity index is 804. The predicted octanol–water partition coefficient (Wildman–Crippen LogP) is 1.97. The minimum atomic E-state index is -0.475. The number of nitrogens with zero attached hydrogens (tertiary/aromatic N) is 3. The molecule has 7 nitrogen and oxygen atoms in total. The van der Waals surface area contributed by atoms with E-state index >= 15 is 0 Å². The maximum atomic E-state index is 13.2. The second-order valence-electron chi connectivity index (χ2n) is 8.71. The molecule has 2 amide bonds. The van der Waals surface area contributed by atoms with Gasteiger partial charge in [0.25, 0.3) is 5.91 Å². The van der Waals surface area contributed by atoms with Crippen molar-refractivity contribution >= 4 is 17.6 Å². The monoisotopic (exact) mass is 397 g/mol. The Morgan fingerprint density at radius 3 is 2.59 bits per heavy atom. The van der Waals surface area contributed by atoms with Crippen molar-refractivity contribution in [1.29, 1.82) is 0 Å². The summed E-state index contributed by atoms with van der Waals surface area (Å²) in [6, 6.07) is 8.41. The molecule has 0 radical (unpaired) electrons. The van der Waals surface area contributed by atoms with Gasteiger partial charge in [-0.2, -0.15) is 5.10 Å². The van der Waals surface area contributed by atoms with Gasteiger partial charge >= 0.3 is 0 Å². The summed E-state index contributed by atoms with van der Waals surface area (Å²) in [4.78, 5) is 29.9. The average molecular weight is 398 g/mol. The molecular formula is C22H31N5O2. The van der Waals surface area contributed by atoms with Crippen molar-refractivity contribution in [3.05, 3.63) is 35.4 Å². The van der Waals surface area contributed by atoms with Crippen LogP contribution in [0.4, 0.5) is 0 Å². The van der Waals surface area contributed by atoms with E-state index in [9.17, 15) is 9.59 Å². The Hall–Kier alpha value is -2.57. The maximum absolute atomic E-state index is 13.2. The number of benzene rings is 1. The second kappa shape index (κ2) is 8.05. The third-order valence-corrected chi connectivity index (χ3v) is 6.25. The third kappa shape index (κ3) is 3.82. The van der Waals surface area contributed by atoms with Crippen molar-refractivity contribution in [2.45, 2.75) is 71.2 Å². The minimum absolute atomic E-state index is 0.0435. The van der Waals surface area contributed by atoms with Gasteiger partial charge in [-0.25, -0.2) is 0 Å². The SMILES string of the molecule is Cc1ccc(CNC(=O)CN2C(=O)C3NN=C(C(C)C)N3C3CCCCC32)cc1. The van der Waals surface area contributed by atoms with Crippen LogP contribution in [0.15, 0.2) is 29.4 Å². The zero-order valence-corrected chi connectivity index (χ0v) is 17.5. The second-order valence-corrected chi connectivity index (χ2v) is 8.71. The van der Waals surface area contributed by atoms with Gasteiger partial charge in [0.05, 0.1) is 12.1 Å². The smallest absolute Gasteiger partial charge is 0.268 e. The molecule has 7 heteroatoms. The molecule has 2 heterocycles. The number of carbonyl (C=O) groups is 2. The van der Waals surface area contributed by atoms with Gasteiger partial charge < -0.3 is 15.1 Å². The van der Waals surface area contributed by atoms with Gasteiger partial charge in [0.2, 0.25) is 5.91 Å². The summed E-state index contributed by atoms with van der Waals surface area (Å²) in [6.07, 6.45) is 3.74. The van der Waals surface area contributed by atoms with Crippen molar-refractivity contribution in [2.24, 2.45) is 11.0 Å². The van der Waals surface area contributed by atoms with Crippen LogP contribution in [-0.4, -0.2) is 52.2 Å². The molecule has 3 atom stereocenters. The largest absolute Gasteiger partial charge is 0.350 e. The molecule has 2 N–H and O–H groups in total. The number of rotatable bonds is 5.